The van der Waals surface area contributed by atoms with E-state index in [1.54, 1.807) is 24.4 Å². The van der Waals surface area contributed by atoms with Crippen molar-refractivity contribution in [3.8, 4) is 11.1 Å². The van der Waals surface area contributed by atoms with E-state index in [0.29, 0.717) is 17.1 Å². The summed E-state index contributed by atoms with van der Waals surface area (Å²) in [5, 5.41) is 0.781. The van der Waals surface area contributed by atoms with E-state index in [0.717, 1.165) is 11.5 Å². The molecule has 13 heteroatoms. The van der Waals surface area contributed by atoms with Crippen LogP contribution in [0.15, 0.2) is 87.2 Å². The number of para-hydroxylation sites is 1. The zero-order valence-electron chi connectivity index (χ0n) is 17.9. The van der Waals surface area contributed by atoms with E-state index in [1.807, 2.05) is 12.1 Å². The Hall–Kier alpha value is -2.87. The number of rotatable bonds is 6. The highest BCUT2D eigenvalue weighted by molar-refractivity contribution is 9.10. The third kappa shape index (κ3) is 4.88. The van der Waals surface area contributed by atoms with Gasteiger partial charge in [-0.15, -0.1) is 0 Å². The standard InChI is InChI=1S/C23H15BrF4N2O4S2/c24-21-18(9-10-19(25)22(21)35(31,32)23(26,27)28)14-5-7-16(8-6-14)36(33,34)30-13-15-11-12-29-20-4-2-1-3-17(15)20/h1-12,30H,13H2. The molecule has 1 aromatic heterocycles. The fourth-order valence-electron chi connectivity index (χ4n) is 3.50. The number of fused-ring (bicyclic) bond motifs is 1. The van der Waals surface area contributed by atoms with Gasteiger partial charge < -0.3 is 0 Å². The van der Waals surface area contributed by atoms with Crippen LogP contribution in [0.25, 0.3) is 22.0 Å². The highest BCUT2D eigenvalue weighted by Gasteiger charge is 2.49. The van der Waals surface area contributed by atoms with Gasteiger partial charge in [-0.05, 0) is 63.0 Å². The second kappa shape index (κ2) is 9.54. The predicted molar refractivity (Wildman–Crippen MR) is 129 cm³/mol. The van der Waals surface area contributed by atoms with Crippen LogP contribution >= 0.6 is 15.9 Å². The number of nitrogens with zero attached hydrogens (tertiary/aromatic N) is 1. The van der Waals surface area contributed by atoms with Gasteiger partial charge in [-0.3, -0.25) is 4.98 Å². The summed E-state index contributed by atoms with van der Waals surface area (Å²) in [5.41, 5.74) is -4.21. The monoisotopic (exact) mass is 602 g/mol. The Morgan fingerprint density at radius 3 is 2.22 bits per heavy atom. The summed E-state index contributed by atoms with van der Waals surface area (Å²) in [5.74, 6) is -1.57. The maximum atomic E-state index is 14.1. The molecule has 1 heterocycles. The van der Waals surface area contributed by atoms with Crippen LogP contribution in [-0.4, -0.2) is 27.3 Å². The third-order valence-corrected chi connectivity index (χ3v) is 9.34. The van der Waals surface area contributed by atoms with Crippen molar-refractivity contribution < 1.29 is 34.4 Å². The SMILES string of the molecule is O=S(=O)(NCc1ccnc2ccccc12)c1ccc(-c2ccc(F)c(S(=O)(=O)C(F)(F)F)c2Br)cc1. The number of sulfone groups is 1. The van der Waals surface area contributed by atoms with Gasteiger partial charge in [0, 0.05) is 22.6 Å². The Balaban J connectivity index is 1.63. The van der Waals surface area contributed by atoms with Crippen molar-refractivity contribution in [2.75, 3.05) is 0 Å². The first-order valence-electron chi connectivity index (χ1n) is 10.0. The number of benzene rings is 3. The molecule has 0 aliphatic carbocycles. The van der Waals surface area contributed by atoms with Gasteiger partial charge in [-0.2, -0.15) is 13.2 Å². The van der Waals surface area contributed by atoms with Crippen molar-refractivity contribution in [3.05, 3.63) is 88.8 Å². The molecule has 0 spiro atoms. The molecule has 0 unspecified atom stereocenters. The lowest BCUT2D eigenvalue weighted by Gasteiger charge is -2.14. The lowest BCUT2D eigenvalue weighted by Crippen LogP contribution is -2.25. The fourth-order valence-corrected chi connectivity index (χ4v) is 6.59. The van der Waals surface area contributed by atoms with Gasteiger partial charge in [0.05, 0.1) is 10.4 Å². The first-order valence-corrected chi connectivity index (χ1v) is 13.8. The van der Waals surface area contributed by atoms with Crippen molar-refractivity contribution in [2.24, 2.45) is 0 Å². The predicted octanol–water partition coefficient (Wildman–Crippen LogP) is 5.58. The average molecular weight is 603 g/mol. The molecule has 3 aromatic carbocycles. The molecule has 0 saturated carbocycles. The summed E-state index contributed by atoms with van der Waals surface area (Å²) < 4.78 is 104. The van der Waals surface area contributed by atoms with Crippen molar-refractivity contribution in [3.63, 3.8) is 0 Å². The minimum Gasteiger partial charge on any atom is -0.256 e. The molecule has 0 saturated heterocycles. The summed E-state index contributed by atoms with van der Waals surface area (Å²) in [6.45, 7) is -0.0186. The number of pyridine rings is 1. The minimum absolute atomic E-state index is 0.0186. The summed E-state index contributed by atoms with van der Waals surface area (Å²) in [6.07, 6.45) is 1.56. The Labute approximate surface area is 212 Å². The topological polar surface area (TPSA) is 93.2 Å². The molecule has 4 rings (SSSR count). The van der Waals surface area contributed by atoms with E-state index in [-0.39, 0.29) is 22.6 Å². The molecule has 6 nitrogen and oxygen atoms in total. The minimum atomic E-state index is -5.98. The highest BCUT2D eigenvalue weighted by Crippen LogP contribution is 2.40. The number of halogens is 5. The van der Waals surface area contributed by atoms with Crippen LogP contribution in [0.1, 0.15) is 5.56 Å². The van der Waals surface area contributed by atoms with E-state index >= 15 is 0 Å². The molecule has 188 valence electrons. The third-order valence-electron chi connectivity index (χ3n) is 5.29. The van der Waals surface area contributed by atoms with Gasteiger partial charge in [0.15, 0.2) is 0 Å². The lowest BCUT2D eigenvalue weighted by atomic mass is 10.1. The van der Waals surface area contributed by atoms with Crippen LogP contribution in [0.3, 0.4) is 0 Å². The highest BCUT2D eigenvalue weighted by atomic mass is 79.9. The number of hydrogen-bond acceptors (Lipinski definition) is 5. The molecular formula is C23H15BrF4N2O4S2. The van der Waals surface area contributed by atoms with Crippen LogP contribution in [0.2, 0.25) is 0 Å². The molecule has 0 bridgehead atoms. The molecule has 36 heavy (non-hydrogen) atoms. The summed E-state index contributed by atoms with van der Waals surface area (Å²) in [4.78, 5) is 2.55. The maximum absolute atomic E-state index is 14.1. The Morgan fingerprint density at radius 1 is 0.889 bits per heavy atom. The van der Waals surface area contributed by atoms with E-state index < -0.39 is 40.6 Å². The number of aromatic nitrogens is 1. The van der Waals surface area contributed by atoms with Gasteiger partial charge in [-0.25, -0.2) is 25.9 Å². The molecular weight excluding hydrogens is 588 g/mol. The molecule has 0 atom stereocenters. The second-order valence-electron chi connectivity index (χ2n) is 7.52. The van der Waals surface area contributed by atoms with E-state index in [9.17, 15) is 34.4 Å². The Morgan fingerprint density at radius 2 is 1.56 bits per heavy atom. The molecule has 0 radical (unpaired) electrons. The smallest absolute Gasteiger partial charge is 0.256 e. The summed E-state index contributed by atoms with van der Waals surface area (Å²) in [6, 6.07) is 15.6. The van der Waals surface area contributed by atoms with Gasteiger partial charge in [0.1, 0.15) is 10.7 Å². The molecule has 4 aromatic rings. The largest absolute Gasteiger partial charge is 0.502 e. The number of nitrogens with one attached hydrogen (secondary N) is 1. The van der Waals surface area contributed by atoms with E-state index in [1.165, 1.54) is 24.3 Å². The molecule has 0 aliphatic heterocycles. The number of alkyl halides is 3. The van der Waals surface area contributed by atoms with Gasteiger partial charge in [0.2, 0.25) is 10.0 Å². The fraction of sp³-hybridized carbons (Fsp3) is 0.0870. The van der Waals surface area contributed by atoms with Crippen LogP contribution in [0.4, 0.5) is 17.6 Å². The quantitative estimate of drug-likeness (QED) is 0.291. The second-order valence-corrected chi connectivity index (χ2v) is 12.0. The lowest BCUT2D eigenvalue weighted by molar-refractivity contribution is -0.0438. The van der Waals surface area contributed by atoms with E-state index in [2.05, 4.69) is 25.6 Å². The number of sulfonamides is 1. The average Bonchev–Trinajstić information content (AvgIpc) is 2.82. The normalized spacial score (nSPS) is 12.7. The maximum Gasteiger partial charge on any atom is 0.502 e. The van der Waals surface area contributed by atoms with Crippen molar-refractivity contribution >= 4 is 46.7 Å². The molecule has 0 fully saturated rings. The zero-order valence-corrected chi connectivity index (χ0v) is 21.1. The summed E-state index contributed by atoms with van der Waals surface area (Å²) >= 11 is 2.77. The van der Waals surface area contributed by atoms with Crippen molar-refractivity contribution in [1.82, 2.24) is 9.71 Å². The van der Waals surface area contributed by atoms with Gasteiger partial charge in [0.25, 0.3) is 9.84 Å². The Bertz CT molecular complexity index is 1670. The van der Waals surface area contributed by atoms with Crippen LogP contribution in [-0.2, 0) is 26.4 Å². The van der Waals surface area contributed by atoms with Crippen molar-refractivity contribution in [2.45, 2.75) is 21.8 Å². The summed E-state index contributed by atoms with van der Waals surface area (Å²) in [7, 11) is -9.96. The van der Waals surface area contributed by atoms with Gasteiger partial charge in [-0.1, -0.05) is 36.4 Å². The molecule has 0 amide bonds. The van der Waals surface area contributed by atoms with Crippen LogP contribution in [0, 0.1) is 5.82 Å². The van der Waals surface area contributed by atoms with Crippen molar-refractivity contribution in [1.29, 1.82) is 0 Å². The Kier molecular flexibility index (Phi) is 6.94. The molecule has 0 aliphatic rings. The van der Waals surface area contributed by atoms with Crippen LogP contribution < -0.4 is 4.72 Å². The first-order chi connectivity index (χ1) is 16.8. The molecule has 1 N–H and O–H groups in total. The first kappa shape index (κ1) is 26.2. The van der Waals surface area contributed by atoms with E-state index in [4.69, 9.17) is 0 Å². The van der Waals surface area contributed by atoms with Crippen LogP contribution in [0.5, 0.6) is 0 Å². The van der Waals surface area contributed by atoms with Gasteiger partial charge >= 0.3 is 5.51 Å². The number of hydrogen-bond donors (Lipinski definition) is 1. The zero-order chi connectivity index (χ0) is 26.3.